The lowest BCUT2D eigenvalue weighted by molar-refractivity contribution is -0.302. The van der Waals surface area contributed by atoms with E-state index in [1.54, 1.807) is 0 Å². The summed E-state index contributed by atoms with van der Waals surface area (Å²) in [7, 11) is 0. The predicted octanol–water partition coefficient (Wildman–Crippen LogP) is 17.9. The second kappa shape index (κ2) is 57.6. The fourth-order valence-electron chi connectivity index (χ4n) is 10.9. The number of nitrogens with one attached hydrogen (secondary N) is 1. The fraction of sp³-hybridized carbons (Fsp3) is 0.897. The highest BCUT2D eigenvalue weighted by molar-refractivity contribution is 5.76. The third-order valence-electron chi connectivity index (χ3n) is 16.2. The number of allylic oxidation sites excluding steroid dienone is 6. The minimum absolute atomic E-state index is 0.136. The Balaban J connectivity index is 2.14. The van der Waals surface area contributed by atoms with E-state index in [0.29, 0.717) is 12.8 Å². The van der Waals surface area contributed by atoms with Crippen LogP contribution in [0.5, 0.6) is 0 Å². The minimum atomic E-state index is -1.55. The second-order valence-corrected chi connectivity index (χ2v) is 23.6. The van der Waals surface area contributed by atoms with Gasteiger partial charge in [0.2, 0.25) is 5.91 Å². The molecule has 1 aliphatic rings. The maximum Gasteiger partial charge on any atom is 0.220 e. The monoisotopic (exact) mass is 1090 g/mol. The number of unbranched alkanes of at least 4 members (excludes halogenated alkanes) is 43. The van der Waals surface area contributed by atoms with E-state index in [4.69, 9.17) is 9.47 Å². The number of rotatable bonds is 59. The van der Waals surface area contributed by atoms with Crippen molar-refractivity contribution in [3.8, 4) is 0 Å². The van der Waals surface area contributed by atoms with Crippen LogP contribution in [0.3, 0.4) is 0 Å². The predicted molar refractivity (Wildman–Crippen MR) is 327 cm³/mol. The molecule has 1 fully saturated rings. The smallest absolute Gasteiger partial charge is 0.220 e. The zero-order chi connectivity index (χ0) is 55.8. The van der Waals surface area contributed by atoms with E-state index >= 15 is 0 Å². The number of amides is 1. The van der Waals surface area contributed by atoms with Crippen molar-refractivity contribution >= 4 is 5.91 Å². The van der Waals surface area contributed by atoms with Crippen molar-refractivity contribution in [2.75, 3.05) is 13.2 Å². The summed E-state index contributed by atoms with van der Waals surface area (Å²) in [6.07, 6.45) is 69.1. The summed E-state index contributed by atoms with van der Waals surface area (Å²) in [6.45, 7) is 3.87. The molecule has 77 heavy (non-hydrogen) atoms. The van der Waals surface area contributed by atoms with Crippen LogP contribution in [0.4, 0.5) is 0 Å². The lowest BCUT2D eigenvalue weighted by Crippen LogP contribution is -2.60. The van der Waals surface area contributed by atoms with E-state index < -0.39 is 49.5 Å². The fourth-order valence-corrected chi connectivity index (χ4v) is 10.9. The summed E-state index contributed by atoms with van der Waals surface area (Å²) in [6, 6.07) is -0.722. The molecule has 0 aromatic heterocycles. The van der Waals surface area contributed by atoms with Gasteiger partial charge in [-0.3, -0.25) is 4.79 Å². The van der Waals surface area contributed by atoms with Gasteiger partial charge in [0.05, 0.1) is 25.4 Å². The first-order valence-corrected chi connectivity index (χ1v) is 33.7. The van der Waals surface area contributed by atoms with Crippen LogP contribution in [0.25, 0.3) is 0 Å². The maximum absolute atomic E-state index is 13.1. The highest BCUT2D eigenvalue weighted by Crippen LogP contribution is 2.24. The Morgan fingerprint density at radius 2 is 0.766 bits per heavy atom. The maximum atomic E-state index is 13.1. The third kappa shape index (κ3) is 46.7. The quantitative estimate of drug-likeness (QED) is 0.0261. The molecule has 1 rings (SSSR count). The van der Waals surface area contributed by atoms with Crippen LogP contribution in [0, 0.1) is 0 Å². The van der Waals surface area contributed by atoms with Gasteiger partial charge in [-0.25, -0.2) is 0 Å². The Labute approximate surface area is 476 Å². The van der Waals surface area contributed by atoms with Gasteiger partial charge in [-0.1, -0.05) is 314 Å². The van der Waals surface area contributed by atoms with E-state index in [9.17, 15) is 30.3 Å². The van der Waals surface area contributed by atoms with Crippen molar-refractivity contribution in [1.82, 2.24) is 5.32 Å². The van der Waals surface area contributed by atoms with E-state index in [0.717, 1.165) is 51.4 Å². The molecule has 0 bridgehead atoms. The number of ether oxygens (including phenoxy) is 2. The molecule has 7 atom stereocenters. The van der Waals surface area contributed by atoms with Gasteiger partial charge in [0.15, 0.2) is 6.29 Å². The van der Waals surface area contributed by atoms with Crippen LogP contribution in [0.15, 0.2) is 36.5 Å². The molecular formula is C68H129NO8. The zero-order valence-electron chi connectivity index (χ0n) is 50.7. The third-order valence-corrected chi connectivity index (χ3v) is 16.2. The standard InChI is InChI=1S/C68H129NO8/c1-3-5-7-9-11-13-15-17-19-21-23-25-27-29-31-33-35-37-39-41-43-45-47-49-51-53-55-57-62(71)61(60-76-68-67(75)66(74)65(73)63(59-70)77-68)69-64(72)58-56-54-52-50-48-46-44-42-40-38-36-34-32-30-28-26-24-22-20-18-16-14-12-10-8-6-4-2/h16,18,22,24,28,30,61-63,65-68,70-71,73-75H,3-15,17,19-21,23,25-27,29,31-60H2,1-2H3,(H,69,72)/b18-16-,24-22-,30-28-. The van der Waals surface area contributed by atoms with Crippen LogP contribution in [-0.2, 0) is 14.3 Å². The molecule has 9 nitrogen and oxygen atoms in total. The second-order valence-electron chi connectivity index (χ2n) is 23.6. The van der Waals surface area contributed by atoms with Crippen molar-refractivity contribution in [3.63, 3.8) is 0 Å². The molecule has 0 aromatic rings. The van der Waals surface area contributed by atoms with Crippen LogP contribution < -0.4 is 5.32 Å². The molecule has 0 radical (unpaired) electrons. The molecule has 7 unspecified atom stereocenters. The number of aliphatic hydroxyl groups is 5. The summed E-state index contributed by atoms with van der Waals surface area (Å²) in [5, 5.41) is 54.9. The largest absolute Gasteiger partial charge is 0.394 e. The molecule has 6 N–H and O–H groups in total. The van der Waals surface area contributed by atoms with Crippen molar-refractivity contribution in [2.45, 2.75) is 378 Å². The highest BCUT2D eigenvalue weighted by Gasteiger charge is 2.44. The van der Waals surface area contributed by atoms with Gasteiger partial charge < -0.3 is 40.3 Å². The number of hydrogen-bond donors (Lipinski definition) is 6. The van der Waals surface area contributed by atoms with Gasteiger partial charge in [0, 0.05) is 6.42 Å². The van der Waals surface area contributed by atoms with Gasteiger partial charge in [0.1, 0.15) is 24.4 Å². The number of carbonyl (C=O) groups is 1. The lowest BCUT2D eigenvalue weighted by atomic mass is 9.99. The van der Waals surface area contributed by atoms with Crippen LogP contribution in [-0.4, -0.2) is 87.5 Å². The molecular weight excluding hydrogens is 959 g/mol. The van der Waals surface area contributed by atoms with Gasteiger partial charge in [0.25, 0.3) is 0 Å². The van der Waals surface area contributed by atoms with Crippen molar-refractivity contribution < 1.29 is 39.8 Å². The molecule has 1 heterocycles. The lowest BCUT2D eigenvalue weighted by Gasteiger charge is -2.40. The Kier molecular flexibility index (Phi) is 55.0. The minimum Gasteiger partial charge on any atom is -0.394 e. The summed E-state index contributed by atoms with van der Waals surface area (Å²) in [5.41, 5.74) is 0. The highest BCUT2D eigenvalue weighted by atomic mass is 16.7. The average Bonchev–Trinajstić information content (AvgIpc) is 3.43. The molecule has 1 amide bonds. The SMILES string of the molecule is CCCCCCC/C=C\C/C=C\C/C=C\CCCCCCCCCCCCCCC(=O)NC(COC1OC(CO)C(O)C(O)C1O)C(O)CCCCCCCCCCCCCCCCCCCCCCCCCCCCC. The number of carbonyl (C=O) groups excluding carboxylic acids is 1. The molecule has 454 valence electrons. The van der Waals surface area contributed by atoms with E-state index in [1.807, 2.05) is 0 Å². The summed E-state index contributed by atoms with van der Waals surface area (Å²) >= 11 is 0. The molecule has 0 aliphatic carbocycles. The van der Waals surface area contributed by atoms with Crippen molar-refractivity contribution in [1.29, 1.82) is 0 Å². The average molecular weight is 1090 g/mol. The normalized spacial score (nSPS) is 18.9. The topological polar surface area (TPSA) is 149 Å². The van der Waals surface area contributed by atoms with Crippen molar-refractivity contribution in [3.05, 3.63) is 36.5 Å². The molecule has 0 saturated carbocycles. The van der Waals surface area contributed by atoms with Gasteiger partial charge >= 0.3 is 0 Å². The number of hydrogen-bond acceptors (Lipinski definition) is 8. The van der Waals surface area contributed by atoms with Gasteiger partial charge in [-0.15, -0.1) is 0 Å². The van der Waals surface area contributed by atoms with E-state index in [1.165, 1.54) is 257 Å². The number of aliphatic hydroxyl groups excluding tert-OH is 5. The Hall–Kier alpha value is -1.59. The van der Waals surface area contributed by atoms with Crippen molar-refractivity contribution in [2.24, 2.45) is 0 Å². The van der Waals surface area contributed by atoms with E-state index in [2.05, 4.69) is 55.6 Å². The van der Waals surface area contributed by atoms with Crippen LogP contribution >= 0.6 is 0 Å². The Morgan fingerprint density at radius 1 is 0.442 bits per heavy atom. The van der Waals surface area contributed by atoms with Crippen LogP contribution in [0.1, 0.15) is 335 Å². The Bertz CT molecular complexity index is 1310. The molecule has 1 saturated heterocycles. The van der Waals surface area contributed by atoms with Crippen LogP contribution in [0.2, 0.25) is 0 Å². The molecule has 1 aliphatic heterocycles. The first-order valence-electron chi connectivity index (χ1n) is 33.7. The zero-order valence-corrected chi connectivity index (χ0v) is 50.7. The summed E-state index contributed by atoms with van der Waals surface area (Å²) in [5.74, 6) is -0.141. The molecule has 0 spiro atoms. The molecule has 9 heteroatoms. The first-order chi connectivity index (χ1) is 37.8. The molecule has 0 aromatic carbocycles. The van der Waals surface area contributed by atoms with E-state index in [-0.39, 0.29) is 12.5 Å². The van der Waals surface area contributed by atoms with Gasteiger partial charge in [-0.05, 0) is 51.4 Å². The Morgan fingerprint density at radius 3 is 1.13 bits per heavy atom. The summed E-state index contributed by atoms with van der Waals surface area (Å²) < 4.78 is 11.4. The van der Waals surface area contributed by atoms with Gasteiger partial charge in [-0.2, -0.15) is 0 Å². The first kappa shape index (κ1) is 73.4. The summed E-state index contributed by atoms with van der Waals surface area (Å²) in [4.78, 5) is 13.1.